The van der Waals surface area contributed by atoms with Crippen LogP contribution >= 0.6 is 0 Å². The highest BCUT2D eigenvalue weighted by atomic mass is 16.5. The third kappa shape index (κ3) is 2.52. The van der Waals surface area contributed by atoms with Crippen LogP contribution in [0.5, 0.6) is 5.75 Å². The van der Waals surface area contributed by atoms with Crippen molar-refractivity contribution in [3.63, 3.8) is 0 Å². The molecule has 6 aromatic rings. The molecule has 0 bridgehead atoms. The predicted molar refractivity (Wildman–Crippen MR) is 127 cm³/mol. The summed E-state index contributed by atoms with van der Waals surface area (Å²) in [7, 11) is 1.70. The highest BCUT2D eigenvalue weighted by molar-refractivity contribution is 6.17. The molecule has 0 aliphatic carbocycles. The molecule has 6 rings (SSSR count). The van der Waals surface area contributed by atoms with Gasteiger partial charge in [-0.15, -0.1) is 0 Å². The minimum atomic E-state index is 0.771. The highest BCUT2D eigenvalue weighted by Gasteiger charge is 2.21. The highest BCUT2D eigenvalue weighted by Crippen LogP contribution is 2.43. The van der Waals surface area contributed by atoms with Gasteiger partial charge in [0.2, 0.25) is 0 Å². The first-order chi connectivity index (χ1) is 15.6. The van der Waals surface area contributed by atoms with Gasteiger partial charge in [-0.3, -0.25) is 4.98 Å². The van der Waals surface area contributed by atoms with Gasteiger partial charge in [0.1, 0.15) is 11.5 Å². The summed E-state index contributed by atoms with van der Waals surface area (Å²) in [5, 5.41) is 7.44. The summed E-state index contributed by atoms with van der Waals surface area (Å²) in [4.78, 5) is 11.9. The van der Waals surface area contributed by atoms with E-state index in [9.17, 15) is 0 Å². The SMILES string of the molecule is COc1cc2c(cc1-c1c(C)noc1C)[nH]c1ccnc(-c3c(C)[nH]c4ccccc34)c12. The van der Waals surface area contributed by atoms with Crippen LogP contribution in [0.2, 0.25) is 0 Å². The lowest BCUT2D eigenvalue weighted by atomic mass is 9.98. The zero-order chi connectivity index (χ0) is 22.0. The Balaban J connectivity index is 1.70. The average molecular weight is 422 g/mol. The topological polar surface area (TPSA) is 79.7 Å². The number of methoxy groups -OCH3 is 1. The standard InChI is InChI=1S/C26H22N4O2/c1-13-24(16-7-5-6-8-19(16)28-13)26-25-17-12-22(31-4)18(23-14(2)30-32-15(23)3)11-21(17)29-20(25)9-10-27-26/h5-12,28-29H,1-4H3. The molecule has 0 radical (unpaired) electrons. The Morgan fingerprint density at radius 1 is 0.875 bits per heavy atom. The van der Waals surface area contributed by atoms with Crippen molar-refractivity contribution in [3.05, 3.63) is 65.8 Å². The van der Waals surface area contributed by atoms with Crippen LogP contribution in [0.15, 0.2) is 53.2 Å². The number of fused-ring (bicyclic) bond motifs is 4. The molecule has 0 amide bonds. The zero-order valence-corrected chi connectivity index (χ0v) is 18.3. The van der Waals surface area contributed by atoms with Gasteiger partial charge in [0, 0.05) is 50.2 Å². The molecule has 0 saturated carbocycles. The molecule has 0 spiro atoms. The van der Waals surface area contributed by atoms with E-state index in [1.165, 1.54) is 5.39 Å². The van der Waals surface area contributed by atoms with Crippen molar-refractivity contribution >= 4 is 32.7 Å². The second kappa shape index (κ2) is 6.72. The van der Waals surface area contributed by atoms with Crippen LogP contribution in [-0.2, 0) is 0 Å². The maximum atomic E-state index is 5.82. The Hall–Kier alpha value is -4.06. The lowest BCUT2D eigenvalue weighted by Crippen LogP contribution is -1.91. The number of nitrogens with one attached hydrogen (secondary N) is 2. The van der Waals surface area contributed by atoms with Crippen molar-refractivity contribution in [2.24, 2.45) is 0 Å². The number of aromatic amines is 2. The molecule has 32 heavy (non-hydrogen) atoms. The summed E-state index contributed by atoms with van der Waals surface area (Å²) in [6, 6.07) is 14.6. The summed E-state index contributed by atoms with van der Waals surface area (Å²) in [6.45, 7) is 5.97. The molecule has 158 valence electrons. The molecule has 0 saturated heterocycles. The Kier molecular flexibility index (Phi) is 3.92. The van der Waals surface area contributed by atoms with Crippen molar-refractivity contribution in [2.45, 2.75) is 20.8 Å². The van der Waals surface area contributed by atoms with E-state index in [4.69, 9.17) is 14.2 Å². The Morgan fingerprint density at radius 3 is 2.50 bits per heavy atom. The van der Waals surface area contributed by atoms with E-state index >= 15 is 0 Å². The molecule has 2 N–H and O–H groups in total. The fraction of sp³-hybridized carbons (Fsp3) is 0.154. The van der Waals surface area contributed by atoms with Gasteiger partial charge in [0.25, 0.3) is 0 Å². The molecule has 0 aliphatic rings. The summed E-state index contributed by atoms with van der Waals surface area (Å²) in [5.74, 6) is 1.55. The van der Waals surface area contributed by atoms with Crippen molar-refractivity contribution < 1.29 is 9.26 Å². The number of pyridine rings is 1. The van der Waals surface area contributed by atoms with E-state index in [2.05, 4.69) is 52.4 Å². The van der Waals surface area contributed by atoms with Crippen LogP contribution < -0.4 is 4.74 Å². The number of aryl methyl sites for hydroxylation is 3. The molecule has 4 heterocycles. The van der Waals surface area contributed by atoms with Crippen LogP contribution in [0.1, 0.15) is 17.1 Å². The van der Waals surface area contributed by atoms with Crippen molar-refractivity contribution in [1.29, 1.82) is 0 Å². The summed E-state index contributed by atoms with van der Waals surface area (Å²) >= 11 is 0. The molecule has 0 unspecified atom stereocenters. The van der Waals surface area contributed by atoms with Gasteiger partial charge < -0.3 is 19.2 Å². The van der Waals surface area contributed by atoms with E-state index < -0.39 is 0 Å². The number of ether oxygens (including phenoxy) is 1. The quantitative estimate of drug-likeness (QED) is 0.343. The third-order valence-corrected chi connectivity index (χ3v) is 6.26. The number of para-hydroxylation sites is 1. The van der Waals surface area contributed by atoms with Gasteiger partial charge in [-0.2, -0.15) is 0 Å². The summed E-state index contributed by atoms with van der Waals surface area (Å²) in [5.41, 5.74) is 9.10. The van der Waals surface area contributed by atoms with Crippen molar-refractivity contribution in [2.75, 3.05) is 7.11 Å². The predicted octanol–water partition coefficient (Wildman–Crippen LogP) is 6.45. The van der Waals surface area contributed by atoms with Gasteiger partial charge >= 0.3 is 0 Å². The number of aromatic nitrogens is 4. The van der Waals surface area contributed by atoms with Crippen LogP contribution in [0.3, 0.4) is 0 Å². The molecule has 0 atom stereocenters. The van der Waals surface area contributed by atoms with Crippen LogP contribution in [0, 0.1) is 20.8 Å². The average Bonchev–Trinajstić information content (AvgIpc) is 3.44. The minimum Gasteiger partial charge on any atom is -0.496 e. The normalized spacial score (nSPS) is 11.8. The number of nitrogens with zero attached hydrogens (tertiary/aromatic N) is 2. The summed E-state index contributed by atoms with van der Waals surface area (Å²) < 4.78 is 11.2. The van der Waals surface area contributed by atoms with Gasteiger partial charge in [-0.25, -0.2) is 0 Å². The monoisotopic (exact) mass is 422 g/mol. The van der Waals surface area contributed by atoms with Gasteiger partial charge in [-0.05, 0) is 45.0 Å². The number of hydrogen-bond donors (Lipinski definition) is 2. The third-order valence-electron chi connectivity index (χ3n) is 6.26. The lowest BCUT2D eigenvalue weighted by molar-refractivity contribution is 0.393. The molecule has 4 aromatic heterocycles. The maximum Gasteiger partial charge on any atom is 0.141 e. The Labute approximate surface area is 184 Å². The molecule has 2 aromatic carbocycles. The Bertz CT molecular complexity index is 1630. The number of hydrogen-bond acceptors (Lipinski definition) is 4. The molecular formula is C26H22N4O2. The van der Waals surface area contributed by atoms with Gasteiger partial charge in [0.05, 0.1) is 29.6 Å². The van der Waals surface area contributed by atoms with Crippen LogP contribution in [0.4, 0.5) is 0 Å². The molecule has 0 fully saturated rings. The van der Waals surface area contributed by atoms with Crippen LogP contribution in [0.25, 0.3) is 55.1 Å². The van der Waals surface area contributed by atoms with Gasteiger partial charge in [0.15, 0.2) is 0 Å². The Morgan fingerprint density at radius 2 is 1.72 bits per heavy atom. The smallest absolute Gasteiger partial charge is 0.141 e. The number of rotatable bonds is 3. The molecule has 0 aliphatic heterocycles. The van der Waals surface area contributed by atoms with Crippen molar-refractivity contribution in [1.82, 2.24) is 20.1 Å². The van der Waals surface area contributed by atoms with E-state index in [-0.39, 0.29) is 0 Å². The maximum absolute atomic E-state index is 5.82. The number of benzene rings is 2. The second-order valence-electron chi connectivity index (χ2n) is 8.17. The van der Waals surface area contributed by atoms with E-state index in [0.29, 0.717) is 0 Å². The summed E-state index contributed by atoms with van der Waals surface area (Å²) in [6.07, 6.45) is 1.86. The largest absolute Gasteiger partial charge is 0.496 e. The lowest BCUT2D eigenvalue weighted by Gasteiger charge is -2.09. The fourth-order valence-electron chi connectivity index (χ4n) is 4.88. The first-order valence-corrected chi connectivity index (χ1v) is 10.6. The van der Waals surface area contributed by atoms with Crippen LogP contribution in [-0.4, -0.2) is 27.2 Å². The minimum absolute atomic E-state index is 0.771. The first-order valence-electron chi connectivity index (χ1n) is 10.6. The van der Waals surface area contributed by atoms with E-state index in [0.717, 1.165) is 72.6 Å². The molecule has 6 nitrogen and oxygen atoms in total. The van der Waals surface area contributed by atoms with Crippen molar-refractivity contribution in [3.8, 4) is 28.1 Å². The molecular weight excluding hydrogens is 400 g/mol. The second-order valence-corrected chi connectivity index (χ2v) is 8.17. The van der Waals surface area contributed by atoms with E-state index in [1.54, 1.807) is 7.11 Å². The zero-order valence-electron chi connectivity index (χ0n) is 18.3. The number of H-pyrrole nitrogens is 2. The van der Waals surface area contributed by atoms with Gasteiger partial charge in [-0.1, -0.05) is 23.4 Å². The van der Waals surface area contributed by atoms with E-state index in [1.807, 2.05) is 32.2 Å². The fourth-order valence-corrected chi connectivity index (χ4v) is 4.88. The first kappa shape index (κ1) is 18.7. The molecule has 6 heteroatoms.